The van der Waals surface area contributed by atoms with Gasteiger partial charge in [0.1, 0.15) is 0 Å². The van der Waals surface area contributed by atoms with Crippen molar-refractivity contribution in [3.8, 4) is 0 Å². The second-order valence-corrected chi connectivity index (χ2v) is 5.13. The van der Waals surface area contributed by atoms with Crippen molar-refractivity contribution < 1.29 is 4.74 Å². The zero-order valence-corrected chi connectivity index (χ0v) is 16.4. The first-order chi connectivity index (χ1) is 10.3. The number of guanidine groups is 1. The summed E-state index contributed by atoms with van der Waals surface area (Å²) < 4.78 is 5.06. The number of methoxy groups -OCH3 is 1. The van der Waals surface area contributed by atoms with Crippen LogP contribution >= 0.6 is 24.0 Å². The van der Waals surface area contributed by atoms with Crippen LogP contribution in [0.15, 0.2) is 35.3 Å². The summed E-state index contributed by atoms with van der Waals surface area (Å²) in [4.78, 5) is 6.87. The van der Waals surface area contributed by atoms with Crippen molar-refractivity contribution in [1.29, 1.82) is 0 Å². The fourth-order valence-corrected chi connectivity index (χ4v) is 2.12. The highest BCUT2D eigenvalue weighted by molar-refractivity contribution is 14.0. The minimum atomic E-state index is 0. The van der Waals surface area contributed by atoms with E-state index in [0.717, 1.165) is 45.0 Å². The molecule has 0 aliphatic rings. The molecule has 1 N–H and O–H groups in total. The number of hydrogen-bond donors (Lipinski definition) is 1. The average molecular weight is 419 g/mol. The van der Waals surface area contributed by atoms with Gasteiger partial charge in [-0.15, -0.1) is 24.0 Å². The number of hydrogen-bond acceptors (Lipinski definition) is 2. The standard InChI is InChI=1S/C17H29N3O.HI/c1-4-18-17(19-13-9-6-10-14-21-3)20(2)15-16-11-7-5-8-12-16;/h5,7-8,11-12H,4,6,9-10,13-15H2,1-3H3,(H,18,19);1H. The molecule has 0 saturated heterocycles. The third kappa shape index (κ3) is 9.25. The lowest BCUT2D eigenvalue weighted by atomic mass is 10.2. The number of benzene rings is 1. The van der Waals surface area contributed by atoms with Crippen LogP contribution in [0.3, 0.4) is 0 Å². The lowest BCUT2D eigenvalue weighted by Gasteiger charge is -2.22. The van der Waals surface area contributed by atoms with Crippen LogP contribution in [0.25, 0.3) is 0 Å². The van der Waals surface area contributed by atoms with E-state index in [4.69, 9.17) is 9.73 Å². The largest absolute Gasteiger partial charge is 0.385 e. The lowest BCUT2D eigenvalue weighted by molar-refractivity contribution is 0.192. The molecule has 0 heterocycles. The van der Waals surface area contributed by atoms with E-state index in [2.05, 4.69) is 48.5 Å². The first-order valence-electron chi connectivity index (χ1n) is 7.80. The third-order valence-corrected chi connectivity index (χ3v) is 3.23. The molecule has 0 fully saturated rings. The number of halogens is 1. The SMILES string of the molecule is CCNC(=NCCCCCOC)N(C)Cc1ccccc1.I. The molecule has 1 aromatic carbocycles. The van der Waals surface area contributed by atoms with Gasteiger partial charge in [0.05, 0.1) is 0 Å². The number of rotatable bonds is 9. The lowest BCUT2D eigenvalue weighted by Crippen LogP contribution is -2.38. The summed E-state index contributed by atoms with van der Waals surface area (Å²) in [6, 6.07) is 10.5. The Hall–Kier alpha value is -0.820. The molecule has 0 aliphatic carbocycles. The monoisotopic (exact) mass is 419 g/mol. The van der Waals surface area contributed by atoms with E-state index in [0.29, 0.717) is 0 Å². The zero-order chi connectivity index (χ0) is 15.3. The molecule has 126 valence electrons. The van der Waals surface area contributed by atoms with Crippen molar-refractivity contribution in [2.24, 2.45) is 4.99 Å². The van der Waals surface area contributed by atoms with E-state index < -0.39 is 0 Å². The maximum Gasteiger partial charge on any atom is 0.193 e. The molecule has 0 saturated carbocycles. The first kappa shape index (κ1) is 21.2. The predicted octanol–water partition coefficient (Wildman–Crippen LogP) is 3.52. The molecule has 5 heteroatoms. The van der Waals surface area contributed by atoms with Crippen LogP contribution in [-0.4, -0.2) is 44.7 Å². The number of nitrogens with zero attached hydrogens (tertiary/aromatic N) is 2. The Morgan fingerprint density at radius 2 is 1.91 bits per heavy atom. The normalized spacial score (nSPS) is 11.0. The van der Waals surface area contributed by atoms with Crippen molar-refractivity contribution in [2.45, 2.75) is 32.7 Å². The van der Waals surface area contributed by atoms with Crippen molar-refractivity contribution in [2.75, 3.05) is 33.9 Å². The van der Waals surface area contributed by atoms with Crippen LogP contribution in [-0.2, 0) is 11.3 Å². The van der Waals surface area contributed by atoms with E-state index in [1.54, 1.807) is 7.11 Å². The molecule has 0 spiro atoms. The van der Waals surface area contributed by atoms with Crippen LogP contribution in [0.4, 0.5) is 0 Å². The third-order valence-electron chi connectivity index (χ3n) is 3.23. The predicted molar refractivity (Wildman–Crippen MR) is 105 cm³/mol. The molecule has 22 heavy (non-hydrogen) atoms. The Morgan fingerprint density at radius 3 is 2.55 bits per heavy atom. The topological polar surface area (TPSA) is 36.9 Å². The van der Waals surface area contributed by atoms with Crippen molar-refractivity contribution in [3.63, 3.8) is 0 Å². The van der Waals surface area contributed by atoms with Gasteiger partial charge in [-0.25, -0.2) is 0 Å². The summed E-state index contributed by atoms with van der Waals surface area (Å²) in [5, 5.41) is 3.36. The quantitative estimate of drug-likeness (QED) is 0.288. The smallest absolute Gasteiger partial charge is 0.193 e. The molecular weight excluding hydrogens is 389 g/mol. The van der Waals surface area contributed by atoms with E-state index in [1.165, 1.54) is 12.0 Å². The van der Waals surface area contributed by atoms with Gasteiger partial charge in [-0.3, -0.25) is 4.99 Å². The second kappa shape index (κ2) is 13.8. The summed E-state index contributed by atoms with van der Waals surface area (Å²) >= 11 is 0. The van der Waals surface area contributed by atoms with E-state index in [9.17, 15) is 0 Å². The average Bonchev–Trinajstić information content (AvgIpc) is 2.50. The minimum absolute atomic E-state index is 0. The zero-order valence-electron chi connectivity index (χ0n) is 14.0. The Morgan fingerprint density at radius 1 is 1.18 bits per heavy atom. The van der Waals surface area contributed by atoms with Crippen LogP contribution in [0.5, 0.6) is 0 Å². The van der Waals surface area contributed by atoms with Gasteiger partial charge < -0.3 is 15.0 Å². The number of ether oxygens (including phenoxy) is 1. The summed E-state index contributed by atoms with van der Waals surface area (Å²) in [5.41, 5.74) is 1.30. The summed E-state index contributed by atoms with van der Waals surface area (Å²) in [6.45, 7) is 5.57. The van der Waals surface area contributed by atoms with Gasteiger partial charge in [0.25, 0.3) is 0 Å². The summed E-state index contributed by atoms with van der Waals surface area (Å²) in [5.74, 6) is 0.980. The Labute approximate surface area is 152 Å². The molecule has 4 nitrogen and oxygen atoms in total. The maximum absolute atomic E-state index is 5.06. The molecule has 0 unspecified atom stereocenters. The highest BCUT2D eigenvalue weighted by Crippen LogP contribution is 2.03. The van der Waals surface area contributed by atoms with Crippen LogP contribution in [0, 0.1) is 0 Å². The van der Waals surface area contributed by atoms with Crippen molar-refractivity contribution in [1.82, 2.24) is 10.2 Å². The van der Waals surface area contributed by atoms with Crippen LogP contribution in [0.2, 0.25) is 0 Å². The van der Waals surface area contributed by atoms with E-state index in [-0.39, 0.29) is 24.0 Å². The molecular formula is C17H30IN3O. The molecule has 0 aliphatic heterocycles. The molecule has 0 radical (unpaired) electrons. The van der Waals surface area contributed by atoms with Gasteiger partial charge in [0.2, 0.25) is 0 Å². The molecule has 0 bridgehead atoms. The molecule has 1 rings (SSSR count). The second-order valence-electron chi connectivity index (χ2n) is 5.13. The first-order valence-corrected chi connectivity index (χ1v) is 7.80. The van der Waals surface area contributed by atoms with Gasteiger partial charge in [-0.05, 0) is 31.7 Å². The molecule has 0 amide bonds. The Bertz CT molecular complexity index is 398. The van der Waals surface area contributed by atoms with Gasteiger partial charge in [0, 0.05) is 40.4 Å². The Balaban J connectivity index is 0.00000441. The number of aliphatic imine (C=N–C) groups is 1. The van der Waals surface area contributed by atoms with E-state index >= 15 is 0 Å². The summed E-state index contributed by atoms with van der Waals surface area (Å²) in [6.07, 6.45) is 3.39. The molecule has 1 aromatic rings. The highest BCUT2D eigenvalue weighted by Gasteiger charge is 2.05. The fraction of sp³-hybridized carbons (Fsp3) is 0.588. The van der Waals surface area contributed by atoms with Crippen molar-refractivity contribution >= 4 is 29.9 Å². The Kier molecular flexibility index (Phi) is 13.3. The number of unbranched alkanes of at least 4 members (excludes halogenated alkanes) is 2. The number of nitrogens with one attached hydrogen (secondary N) is 1. The van der Waals surface area contributed by atoms with Gasteiger partial charge >= 0.3 is 0 Å². The minimum Gasteiger partial charge on any atom is -0.385 e. The van der Waals surface area contributed by atoms with E-state index in [1.807, 2.05) is 6.07 Å². The van der Waals surface area contributed by atoms with Crippen LogP contribution < -0.4 is 5.32 Å². The molecule has 0 atom stereocenters. The van der Waals surface area contributed by atoms with Gasteiger partial charge in [-0.2, -0.15) is 0 Å². The van der Waals surface area contributed by atoms with Gasteiger partial charge in [-0.1, -0.05) is 30.3 Å². The maximum atomic E-state index is 5.06. The fourth-order valence-electron chi connectivity index (χ4n) is 2.12. The molecule has 0 aromatic heterocycles. The highest BCUT2D eigenvalue weighted by atomic mass is 127. The summed E-state index contributed by atoms with van der Waals surface area (Å²) in [7, 11) is 3.83. The van der Waals surface area contributed by atoms with Gasteiger partial charge in [0.15, 0.2) is 5.96 Å². The van der Waals surface area contributed by atoms with Crippen molar-refractivity contribution in [3.05, 3.63) is 35.9 Å². The van der Waals surface area contributed by atoms with Crippen LogP contribution in [0.1, 0.15) is 31.7 Å².